The van der Waals surface area contributed by atoms with Crippen molar-refractivity contribution in [3.63, 3.8) is 0 Å². The van der Waals surface area contributed by atoms with E-state index >= 15 is 0 Å². The first-order valence-corrected chi connectivity index (χ1v) is 50.6. The topological polar surface area (TPSA) is 64.5 Å². The number of aryl methyl sites for hydroxylation is 1. The van der Waals surface area contributed by atoms with Gasteiger partial charge in [0.15, 0.2) is 5.82 Å². The smallest absolute Gasteiger partial charge is 0.159 e. The van der Waals surface area contributed by atoms with Gasteiger partial charge in [0.2, 0.25) is 0 Å². The van der Waals surface area contributed by atoms with Gasteiger partial charge in [-0.05, 0) is 316 Å². The fourth-order valence-electron chi connectivity index (χ4n) is 23.6. The summed E-state index contributed by atoms with van der Waals surface area (Å²) in [6, 6.07) is 184. The number of hydrogen-bond acceptors (Lipinski definition) is 5. The van der Waals surface area contributed by atoms with Crippen LogP contribution in [-0.4, -0.2) is 24.9 Å². The van der Waals surface area contributed by atoms with Crippen molar-refractivity contribution in [2.24, 2.45) is 0 Å². The molecular formula is C142H97N5. The third kappa shape index (κ3) is 15.6. The Morgan fingerprint density at radius 3 is 0.789 bits per heavy atom. The Bertz CT molecular complexity index is 9520. The fourth-order valence-corrected chi connectivity index (χ4v) is 23.6. The molecule has 0 bridgehead atoms. The monoisotopic (exact) mass is 1870 g/mol. The van der Waals surface area contributed by atoms with Crippen LogP contribution < -0.4 is 0 Å². The van der Waals surface area contributed by atoms with Gasteiger partial charge >= 0.3 is 0 Å². The van der Waals surface area contributed by atoms with Gasteiger partial charge in [-0.3, -0.25) is 4.98 Å². The minimum Gasteiger partial charge on any atom is -0.256 e. The molecule has 5 heteroatoms. The third-order valence-corrected chi connectivity index (χ3v) is 30.4. The largest absolute Gasteiger partial charge is 0.256 e. The zero-order chi connectivity index (χ0) is 98.1. The first kappa shape index (κ1) is 88.4. The molecule has 3 aromatic heterocycles. The Morgan fingerprint density at radius 1 is 0.170 bits per heavy atom. The molecule has 690 valence electrons. The summed E-state index contributed by atoms with van der Waals surface area (Å²) in [5.41, 5.74) is 39.7. The van der Waals surface area contributed by atoms with Crippen molar-refractivity contribution in [1.29, 1.82) is 0 Å². The lowest BCUT2D eigenvalue weighted by atomic mass is 9.67. The highest BCUT2D eigenvalue weighted by atomic mass is 14.9. The lowest BCUT2D eigenvalue weighted by Crippen LogP contribution is -2.28. The number of fused-ring (bicyclic) bond motifs is 13. The summed E-state index contributed by atoms with van der Waals surface area (Å²) in [4.78, 5) is 22.7. The van der Waals surface area contributed by atoms with Crippen LogP contribution in [0.5, 0.6) is 0 Å². The van der Waals surface area contributed by atoms with Gasteiger partial charge in [0.25, 0.3) is 0 Å². The van der Waals surface area contributed by atoms with E-state index in [4.69, 9.17) is 0 Å². The highest BCUT2D eigenvalue weighted by molar-refractivity contribution is 6.25. The molecule has 28 rings (SSSR count). The van der Waals surface area contributed by atoms with E-state index in [0.29, 0.717) is 0 Å². The van der Waals surface area contributed by atoms with Crippen molar-refractivity contribution in [2.45, 2.75) is 31.6 Å². The van der Waals surface area contributed by atoms with Gasteiger partial charge in [0.05, 0.1) is 11.1 Å². The molecule has 23 aromatic carbocycles. The Labute approximate surface area is 855 Å². The van der Waals surface area contributed by atoms with Crippen molar-refractivity contribution in [2.75, 3.05) is 0 Å². The number of benzene rings is 23. The molecule has 0 aliphatic heterocycles. The molecule has 3 heterocycles. The van der Waals surface area contributed by atoms with Crippen LogP contribution in [0.1, 0.15) is 53.1 Å². The molecule has 0 N–H and O–H groups in total. The molecule has 0 fully saturated rings. The highest BCUT2D eigenvalue weighted by Gasteiger charge is 2.47. The molecule has 147 heavy (non-hydrogen) atoms. The zero-order valence-electron chi connectivity index (χ0n) is 81.5. The van der Waals surface area contributed by atoms with E-state index in [1.807, 2.05) is 50.0 Å². The van der Waals surface area contributed by atoms with E-state index in [1.54, 1.807) is 0 Å². The second-order valence-corrected chi connectivity index (χ2v) is 39.1. The van der Waals surface area contributed by atoms with Gasteiger partial charge in [-0.25, -0.2) is 19.9 Å². The van der Waals surface area contributed by atoms with E-state index < -0.39 is 5.41 Å². The predicted octanol–water partition coefficient (Wildman–Crippen LogP) is 37.1. The second kappa shape index (κ2) is 37.2. The van der Waals surface area contributed by atoms with Gasteiger partial charge in [0.1, 0.15) is 5.82 Å². The molecule has 2 aliphatic carbocycles. The van der Waals surface area contributed by atoms with Gasteiger partial charge in [0, 0.05) is 53.1 Å². The van der Waals surface area contributed by atoms with Crippen LogP contribution in [0.25, 0.3) is 232 Å². The SMILES string of the molecule is CC1(C)c2ccc(-c3ccc4c(-c5ccccc5)c5ccccc5c(-c5ccccc5)c4c3)cc2-c2cc(-c3ccccn3)ccc21.Cc1ncc(-c2ccc3cc(-c4ccc5c(-c6ccccc6)c6ccccc6c(-c6ccccc6)c5c4)ccc3c2)cn1.c1ccc(-c2c3ccccc3c(-c3ccccc3)c3cc(-c4ccc5c(c4)-c4cc(-c6ncccn6)ccc4C5(c4ccccc4)c4ccccc4)ccc23)cc1. The van der Waals surface area contributed by atoms with E-state index in [0.717, 1.165) is 39.6 Å². The second-order valence-electron chi connectivity index (χ2n) is 39.1. The van der Waals surface area contributed by atoms with Crippen LogP contribution in [-0.2, 0) is 10.8 Å². The molecule has 0 amide bonds. The Balaban J connectivity index is 0.000000113. The van der Waals surface area contributed by atoms with Crippen molar-refractivity contribution in [3.8, 4) is 156 Å². The Morgan fingerprint density at radius 2 is 0.429 bits per heavy atom. The zero-order valence-corrected chi connectivity index (χ0v) is 81.5. The molecule has 5 nitrogen and oxygen atoms in total. The Hall–Kier alpha value is -18.8. The van der Waals surface area contributed by atoms with Crippen LogP contribution in [0.3, 0.4) is 0 Å². The quantitative estimate of drug-likeness (QED) is 0.102. The molecular weight excluding hydrogens is 1780 g/mol. The summed E-state index contributed by atoms with van der Waals surface area (Å²) in [6.07, 6.45) is 9.29. The molecule has 0 atom stereocenters. The third-order valence-electron chi connectivity index (χ3n) is 30.4. The first-order chi connectivity index (χ1) is 72.6. The molecule has 0 spiro atoms. The minimum atomic E-state index is -0.505. The summed E-state index contributed by atoms with van der Waals surface area (Å²) in [5.74, 6) is 1.50. The Kier molecular flexibility index (Phi) is 22.4. The molecule has 2 aliphatic rings. The summed E-state index contributed by atoms with van der Waals surface area (Å²) in [7, 11) is 0. The normalized spacial score (nSPS) is 12.4. The number of hydrogen-bond donors (Lipinski definition) is 0. The van der Waals surface area contributed by atoms with Crippen molar-refractivity contribution in [3.05, 3.63) is 574 Å². The van der Waals surface area contributed by atoms with Crippen molar-refractivity contribution < 1.29 is 0 Å². The lowest BCUT2D eigenvalue weighted by Gasteiger charge is -2.34. The van der Waals surface area contributed by atoms with Crippen LogP contribution >= 0.6 is 0 Å². The van der Waals surface area contributed by atoms with Crippen LogP contribution in [0.2, 0.25) is 0 Å². The summed E-state index contributed by atoms with van der Waals surface area (Å²) in [5, 5.41) is 17.5. The maximum absolute atomic E-state index is 4.65. The summed E-state index contributed by atoms with van der Waals surface area (Å²) >= 11 is 0. The standard InChI is InChI=1S/C55H36N2.C46H33N.C41H28N2/c1-5-16-37(17-6-1)52-44-24-13-14-25-45(44)53(38-18-7-2-8-19-38)49-35-39(26-29-46(49)52)40-27-30-50-47(34-40)48-36-41(54-56-32-15-33-57-54)28-31-51(48)55(50,42-20-9-3-10-21-42)43-22-11-4-12-23-43;1-46(2)41-24-21-33(27-38(41)39-29-34(22-25-42(39)46)43-19-11-12-26-47-43)32-20-23-37-40(28-32)45(31-15-7-4-8-16-31)36-18-10-9-17-35(36)44(37)30-13-5-3-6-14-30;1-27-42-25-35(26-43-27)33-19-18-30-22-32(17-16-31(30)23-33)34-20-21-38-39(24-34)41(29-12-6-3-7-13-29)37-15-9-8-14-36(37)40(38)28-10-4-2-5-11-28/h1-36H;3-29H,1-2H3;2-26H,1H3. The van der Waals surface area contributed by atoms with Gasteiger partial charge in [-0.1, -0.05) is 445 Å². The molecule has 0 saturated carbocycles. The molecule has 0 saturated heterocycles. The summed E-state index contributed by atoms with van der Waals surface area (Å²) in [6.45, 7) is 6.60. The molecule has 0 radical (unpaired) electrons. The van der Waals surface area contributed by atoms with Crippen LogP contribution in [0.4, 0.5) is 0 Å². The van der Waals surface area contributed by atoms with Gasteiger partial charge in [-0.15, -0.1) is 0 Å². The maximum Gasteiger partial charge on any atom is 0.159 e. The number of pyridine rings is 1. The van der Waals surface area contributed by atoms with E-state index in [1.165, 1.54) is 231 Å². The van der Waals surface area contributed by atoms with Gasteiger partial charge in [-0.2, -0.15) is 0 Å². The van der Waals surface area contributed by atoms with Crippen molar-refractivity contribution in [1.82, 2.24) is 24.9 Å². The van der Waals surface area contributed by atoms with E-state index in [-0.39, 0.29) is 5.41 Å². The van der Waals surface area contributed by atoms with Crippen LogP contribution in [0, 0.1) is 6.92 Å². The summed E-state index contributed by atoms with van der Waals surface area (Å²) < 4.78 is 0. The van der Waals surface area contributed by atoms with Crippen molar-refractivity contribution >= 4 is 75.4 Å². The predicted molar refractivity (Wildman–Crippen MR) is 616 cm³/mol. The number of aromatic nitrogens is 5. The van der Waals surface area contributed by atoms with E-state index in [9.17, 15) is 0 Å². The minimum absolute atomic E-state index is 0.0702. The van der Waals surface area contributed by atoms with Gasteiger partial charge < -0.3 is 0 Å². The molecule has 0 unspecified atom stereocenters. The average molecular weight is 1870 g/mol. The number of nitrogens with zero attached hydrogens (tertiary/aromatic N) is 5. The first-order valence-electron chi connectivity index (χ1n) is 50.6. The van der Waals surface area contributed by atoms with E-state index in [2.05, 4.69) is 530 Å². The lowest BCUT2D eigenvalue weighted by molar-refractivity contribution is 0.660. The van der Waals surface area contributed by atoms with Crippen LogP contribution in [0.15, 0.2) is 534 Å². The average Bonchev–Trinajstić information content (AvgIpc) is 1.53. The molecule has 26 aromatic rings. The highest BCUT2D eigenvalue weighted by Crippen LogP contribution is 2.59. The fraction of sp³-hybridized carbons (Fsp3) is 0.0352. The maximum atomic E-state index is 4.65. The number of rotatable bonds is 14.